The number of amides is 1. The number of allylic oxidation sites excluding steroid dienone is 5. The van der Waals surface area contributed by atoms with Crippen LogP contribution in [0.2, 0.25) is 0 Å². The van der Waals surface area contributed by atoms with E-state index in [0.717, 1.165) is 70.6 Å². The fraction of sp³-hybridized carbons (Fsp3) is 0.894. The second kappa shape index (κ2) is 51.6. The topological polar surface area (TPSA) is 228 Å². The van der Waals surface area contributed by atoms with Gasteiger partial charge in [0.05, 0.1) is 32.0 Å². The standard InChI is InChI=1S/C66H123NO13/c1-3-5-7-9-11-13-15-17-18-19-20-21-22-23-24-25-26-27-28-29-30-31-32-33-34-35-36-38-39-41-43-45-47-49-55(70)54(67-58(71)50-48-46-44-42-40-37-16-14-12-10-8-6-4-2)53-77-65-63(76)61(74)64(57(52-69)79-65)80-66-62(75)60(73)59(72)56(51-68)78-66/h8,10,14,16,47,49,54-57,59-66,68-70,72-76H,3-7,9,11-13,15,17-46,48,50-53H2,1-2H3,(H,67,71)/b10-8-,16-14-,49-47+. The molecule has 0 aliphatic carbocycles. The summed E-state index contributed by atoms with van der Waals surface area (Å²) < 4.78 is 22.8. The Morgan fingerprint density at radius 1 is 0.450 bits per heavy atom. The van der Waals surface area contributed by atoms with Crippen LogP contribution in [0.3, 0.4) is 0 Å². The van der Waals surface area contributed by atoms with Crippen molar-refractivity contribution in [2.24, 2.45) is 0 Å². The summed E-state index contributed by atoms with van der Waals surface area (Å²) in [6, 6.07) is -0.922. The summed E-state index contributed by atoms with van der Waals surface area (Å²) in [7, 11) is 0. The van der Waals surface area contributed by atoms with E-state index in [4.69, 9.17) is 18.9 Å². The third-order valence-electron chi connectivity index (χ3n) is 16.3. The lowest BCUT2D eigenvalue weighted by Gasteiger charge is -2.46. The van der Waals surface area contributed by atoms with Gasteiger partial charge in [0.2, 0.25) is 5.91 Å². The minimum absolute atomic E-state index is 0.252. The van der Waals surface area contributed by atoms with E-state index in [1.807, 2.05) is 6.08 Å². The minimum atomic E-state index is -1.79. The van der Waals surface area contributed by atoms with E-state index in [1.165, 1.54) is 186 Å². The first-order valence-electron chi connectivity index (χ1n) is 33.2. The Labute approximate surface area is 487 Å². The zero-order valence-electron chi connectivity index (χ0n) is 50.8. The smallest absolute Gasteiger partial charge is 0.220 e. The van der Waals surface area contributed by atoms with Crippen LogP contribution in [0.4, 0.5) is 0 Å². The molecule has 0 aromatic rings. The van der Waals surface area contributed by atoms with Crippen LogP contribution in [-0.4, -0.2) is 140 Å². The van der Waals surface area contributed by atoms with E-state index in [-0.39, 0.29) is 18.9 Å². The Morgan fingerprint density at radius 3 is 1.30 bits per heavy atom. The van der Waals surface area contributed by atoms with Gasteiger partial charge in [0.15, 0.2) is 12.6 Å². The van der Waals surface area contributed by atoms with Gasteiger partial charge in [-0.25, -0.2) is 0 Å². The first-order chi connectivity index (χ1) is 39.1. The van der Waals surface area contributed by atoms with E-state index < -0.39 is 86.8 Å². The Balaban J connectivity index is 1.63. The Morgan fingerprint density at radius 2 is 0.850 bits per heavy atom. The van der Waals surface area contributed by atoms with Gasteiger partial charge in [-0.2, -0.15) is 0 Å². The number of hydrogen-bond acceptors (Lipinski definition) is 13. The molecule has 1 amide bonds. The molecule has 0 aromatic carbocycles. The SMILES string of the molecule is CCC/C=C\C/C=C\CCCCCCCC(=O)NC(COC1OC(CO)C(OC2OC(CO)C(O)C(O)C2O)C(O)C1O)C(O)/C=C/CCCCCCCCCCCCCCCCCCCCCCCCCCCCCCCCC. The number of hydrogen-bond donors (Lipinski definition) is 9. The predicted molar refractivity (Wildman–Crippen MR) is 323 cm³/mol. The fourth-order valence-electron chi connectivity index (χ4n) is 11.0. The van der Waals surface area contributed by atoms with E-state index >= 15 is 0 Å². The van der Waals surface area contributed by atoms with Crippen LogP contribution in [0.1, 0.15) is 284 Å². The van der Waals surface area contributed by atoms with E-state index in [1.54, 1.807) is 6.08 Å². The van der Waals surface area contributed by atoms with Crippen molar-refractivity contribution in [2.45, 2.75) is 357 Å². The summed E-state index contributed by atoms with van der Waals surface area (Å²) in [6.45, 7) is 2.74. The maximum absolute atomic E-state index is 13.2. The molecule has 2 rings (SSSR count). The molecule has 470 valence electrons. The molecule has 14 nitrogen and oxygen atoms in total. The maximum Gasteiger partial charge on any atom is 0.220 e. The second-order valence-electron chi connectivity index (χ2n) is 23.6. The summed E-state index contributed by atoms with van der Waals surface area (Å²) in [5.74, 6) is -0.252. The molecule has 2 heterocycles. The van der Waals surface area contributed by atoms with Crippen molar-refractivity contribution in [3.63, 3.8) is 0 Å². The van der Waals surface area contributed by atoms with Crippen LogP contribution >= 0.6 is 0 Å². The Hall–Kier alpha value is -1.79. The van der Waals surface area contributed by atoms with Crippen molar-refractivity contribution in [1.29, 1.82) is 0 Å². The number of unbranched alkanes of at least 4 members (excludes halogenated alkanes) is 37. The highest BCUT2D eigenvalue weighted by molar-refractivity contribution is 5.76. The molecule has 12 unspecified atom stereocenters. The van der Waals surface area contributed by atoms with Gasteiger partial charge in [0.1, 0.15) is 48.8 Å². The van der Waals surface area contributed by atoms with Crippen molar-refractivity contribution in [3.05, 3.63) is 36.5 Å². The van der Waals surface area contributed by atoms with Crippen molar-refractivity contribution >= 4 is 5.91 Å². The van der Waals surface area contributed by atoms with Gasteiger partial charge in [-0.1, -0.05) is 269 Å². The van der Waals surface area contributed by atoms with Crippen molar-refractivity contribution < 1.29 is 64.6 Å². The van der Waals surface area contributed by atoms with Crippen molar-refractivity contribution in [3.8, 4) is 0 Å². The Kier molecular flexibility index (Phi) is 47.9. The van der Waals surface area contributed by atoms with Crippen LogP contribution in [-0.2, 0) is 23.7 Å². The van der Waals surface area contributed by atoms with Crippen LogP contribution in [0.15, 0.2) is 36.5 Å². The van der Waals surface area contributed by atoms with Gasteiger partial charge in [0.25, 0.3) is 0 Å². The number of carbonyl (C=O) groups excluding carboxylic acids is 1. The number of ether oxygens (including phenoxy) is 4. The van der Waals surface area contributed by atoms with Gasteiger partial charge < -0.3 is 65.1 Å². The van der Waals surface area contributed by atoms with Crippen molar-refractivity contribution in [2.75, 3.05) is 19.8 Å². The molecule has 0 spiro atoms. The molecule has 2 aliphatic heterocycles. The third kappa shape index (κ3) is 36.1. The summed E-state index contributed by atoms with van der Waals surface area (Å²) in [4.78, 5) is 13.2. The quantitative estimate of drug-likeness (QED) is 0.0204. The maximum atomic E-state index is 13.2. The zero-order chi connectivity index (χ0) is 58.1. The van der Waals surface area contributed by atoms with Crippen LogP contribution < -0.4 is 5.32 Å². The van der Waals surface area contributed by atoms with Gasteiger partial charge in [0, 0.05) is 6.42 Å². The van der Waals surface area contributed by atoms with Crippen LogP contribution in [0.25, 0.3) is 0 Å². The first kappa shape index (κ1) is 74.3. The molecule has 0 saturated carbocycles. The normalized spacial score (nSPS) is 24.4. The molecule has 14 heteroatoms. The van der Waals surface area contributed by atoms with Crippen LogP contribution in [0.5, 0.6) is 0 Å². The van der Waals surface area contributed by atoms with Crippen molar-refractivity contribution in [1.82, 2.24) is 5.32 Å². The molecule has 2 fully saturated rings. The molecule has 0 radical (unpaired) electrons. The zero-order valence-corrected chi connectivity index (χ0v) is 50.8. The number of carbonyl (C=O) groups is 1. The largest absolute Gasteiger partial charge is 0.394 e. The second-order valence-corrected chi connectivity index (χ2v) is 23.6. The lowest BCUT2D eigenvalue weighted by Crippen LogP contribution is -2.65. The number of aliphatic hydroxyl groups excluding tert-OH is 8. The summed E-state index contributed by atoms with van der Waals surface area (Å²) in [5.41, 5.74) is 0. The van der Waals surface area contributed by atoms with E-state index in [9.17, 15) is 45.6 Å². The first-order valence-corrected chi connectivity index (χ1v) is 33.2. The minimum Gasteiger partial charge on any atom is -0.394 e. The summed E-state index contributed by atoms with van der Waals surface area (Å²) >= 11 is 0. The molecule has 2 saturated heterocycles. The summed E-state index contributed by atoms with van der Waals surface area (Å²) in [5, 5.41) is 87.1. The third-order valence-corrected chi connectivity index (χ3v) is 16.3. The van der Waals surface area contributed by atoms with Gasteiger partial charge >= 0.3 is 0 Å². The number of nitrogens with one attached hydrogen (secondary N) is 1. The highest BCUT2D eigenvalue weighted by Gasteiger charge is 2.51. The molecule has 9 N–H and O–H groups in total. The lowest BCUT2D eigenvalue weighted by molar-refractivity contribution is -0.359. The van der Waals surface area contributed by atoms with Gasteiger partial charge in [-0.05, 0) is 44.9 Å². The summed E-state index contributed by atoms with van der Waals surface area (Å²) in [6.07, 6.45) is 47.9. The Bertz CT molecular complexity index is 1480. The number of aliphatic hydroxyl groups is 8. The monoisotopic (exact) mass is 1140 g/mol. The molecule has 2 aliphatic rings. The number of rotatable bonds is 54. The lowest BCUT2D eigenvalue weighted by atomic mass is 9.97. The highest BCUT2D eigenvalue weighted by atomic mass is 16.7. The van der Waals surface area contributed by atoms with E-state index in [2.05, 4.69) is 43.5 Å². The van der Waals surface area contributed by atoms with E-state index in [0.29, 0.717) is 6.42 Å². The fourth-order valence-corrected chi connectivity index (χ4v) is 11.0. The molecule has 0 bridgehead atoms. The highest BCUT2D eigenvalue weighted by Crippen LogP contribution is 2.30. The molecule has 0 aromatic heterocycles. The van der Waals surface area contributed by atoms with Gasteiger partial charge in [-0.15, -0.1) is 0 Å². The molecular formula is C66H123NO13. The average molecular weight is 1140 g/mol. The molecule has 12 atom stereocenters. The predicted octanol–water partition coefficient (Wildman–Crippen LogP) is 12.6. The van der Waals surface area contributed by atoms with Crippen LogP contribution in [0, 0.1) is 0 Å². The molecular weight excluding hydrogens is 1010 g/mol. The average Bonchev–Trinajstić information content (AvgIpc) is 3.47. The van der Waals surface area contributed by atoms with Gasteiger partial charge in [-0.3, -0.25) is 4.79 Å². The molecule has 80 heavy (non-hydrogen) atoms.